The van der Waals surface area contributed by atoms with Crippen LogP contribution in [0.3, 0.4) is 0 Å². The van der Waals surface area contributed by atoms with E-state index < -0.39 is 0 Å². The van der Waals surface area contributed by atoms with E-state index in [0.29, 0.717) is 0 Å². The predicted molar refractivity (Wildman–Crippen MR) is 48.8 cm³/mol. The number of hydrogen-bond acceptors (Lipinski definition) is 3. The molecule has 0 aromatic carbocycles. The monoisotopic (exact) mass is 153 g/mol. The maximum absolute atomic E-state index is 5.52. The molecule has 0 amide bonds. The molecule has 62 valence electrons. The Morgan fingerprint density at radius 2 is 2.36 bits per heavy atom. The van der Waals surface area contributed by atoms with Gasteiger partial charge in [0.25, 0.3) is 0 Å². The Hall–Kier alpha value is -1.09. The van der Waals surface area contributed by atoms with Crippen molar-refractivity contribution in [1.82, 2.24) is 5.12 Å². The Morgan fingerprint density at radius 1 is 1.73 bits per heavy atom. The smallest absolute Gasteiger partial charge is 0.0727 e. The lowest BCUT2D eigenvalue weighted by atomic mass is 10.4. The number of hydrazone groups is 1. The van der Waals surface area contributed by atoms with E-state index >= 15 is 0 Å². The molecule has 0 unspecified atom stereocenters. The lowest BCUT2D eigenvalue weighted by Crippen LogP contribution is -2.23. The molecule has 0 aliphatic carbocycles. The van der Waals surface area contributed by atoms with Crippen molar-refractivity contribution in [2.45, 2.75) is 20.3 Å². The molecular formula is C8H15N3. The predicted octanol–water partition coefficient (Wildman–Crippen LogP) is 1.65. The molecule has 0 heterocycles. The van der Waals surface area contributed by atoms with Crippen LogP contribution in [0, 0.1) is 0 Å². The van der Waals surface area contributed by atoms with E-state index in [9.17, 15) is 0 Å². The normalized spacial score (nSPS) is 12.1. The van der Waals surface area contributed by atoms with Crippen LogP contribution in [0.25, 0.3) is 0 Å². The van der Waals surface area contributed by atoms with Crippen molar-refractivity contribution in [2.24, 2.45) is 10.9 Å². The second kappa shape index (κ2) is 5.68. The molecule has 0 spiro atoms. The number of hydrogen-bond donors (Lipinski definition) is 1. The second-order valence-corrected chi connectivity index (χ2v) is 1.97. The molecule has 2 N–H and O–H groups in total. The number of allylic oxidation sites excluding steroid dienone is 2. The zero-order valence-corrected chi connectivity index (χ0v) is 7.12. The van der Waals surface area contributed by atoms with Crippen molar-refractivity contribution in [2.75, 3.05) is 0 Å². The van der Waals surface area contributed by atoms with Gasteiger partial charge in [0.2, 0.25) is 0 Å². The molecule has 0 saturated heterocycles. The zero-order chi connectivity index (χ0) is 8.69. The van der Waals surface area contributed by atoms with E-state index in [-0.39, 0.29) is 0 Å². The highest BCUT2D eigenvalue weighted by atomic mass is 15.6. The number of nitrogens with zero attached hydrogens (tertiary/aromatic N) is 2. The molecule has 0 aromatic heterocycles. The molecule has 11 heavy (non-hydrogen) atoms. The third-order valence-electron chi connectivity index (χ3n) is 1.16. The molecule has 0 aliphatic heterocycles. The molecule has 0 bridgehead atoms. The first-order chi connectivity index (χ1) is 5.26. The molecule has 0 saturated carbocycles. The standard InChI is InChI=1S/C8H15N3/c1-4-7-10-11(9)8(5-2)6-3/h5-7H,2,4,9H2,1,3H3/b8-6-,10-7-. The summed E-state index contributed by atoms with van der Waals surface area (Å²) >= 11 is 0. The molecule has 0 aromatic rings. The van der Waals surface area contributed by atoms with Crippen molar-refractivity contribution in [3.63, 3.8) is 0 Å². The third kappa shape index (κ3) is 3.57. The lowest BCUT2D eigenvalue weighted by Gasteiger charge is -2.11. The minimum atomic E-state index is 0.801. The van der Waals surface area contributed by atoms with Crippen LogP contribution in [-0.2, 0) is 0 Å². The highest BCUT2D eigenvalue weighted by Crippen LogP contribution is 1.98. The maximum Gasteiger partial charge on any atom is 0.0727 e. The molecular weight excluding hydrogens is 138 g/mol. The maximum atomic E-state index is 5.52. The van der Waals surface area contributed by atoms with Gasteiger partial charge in [0.15, 0.2) is 0 Å². The summed E-state index contributed by atoms with van der Waals surface area (Å²) in [6.07, 6.45) is 6.13. The Bertz CT molecular complexity index is 170. The average molecular weight is 153 g/mol. The van der Waals surface area contributed by atoms with Crippen LogP contribution in [0.2, 0.25) is 0 Å². The fourth-order valence-corrected chi connectivity index (χ4v) is 0.580. The van der Waals surface area contributed by atoms with E-state index in [2.05, 4.69) is 11.7 Å². The van der Waals surface area contributed by atoms with Crippen LogP contribution in [0.5, 0.6) is 0 Å². The van der Waals surface area contributed by atoms with Crippen LogP contribution in [0.15, 0.2) is 29.5 Å². The van der Waals surface area contributed by atoms with Crippen LogP contribution < -0.4 is 5.84 Å². The van der Waals surface area contributed by atoms with Gasteiger partial charge in [0, 0.05) is 6.21 Å². The summed E-state index contributed by atoms with van der Waals surface area (Å²) < 4.78 is 0. The van der Waals surface area contributed by atoms with Crippen molar-refractivity contribution in [3.8, 4) is 0 Å². The van der Waals surface area contributed by atoms with E-state index in [1.807, 2.05) is 19.9 Å². The summed E-state index contributed by atoms with van der Waals surface area (Å²) in [6, 6.07) is 0. The van der Waals surface area contributed by atoms with Gasteiger partial charge in [0.05, 0.1) is 5.70 Å². The van der Waals surface area contributed by atoms with Gasteiger partial charge in [-0.05, 0) is 19.4 Å². The first-order valence-electron chi connectivity index (χ1n) is 3.62. The van der Waals surface area contributed by atoms with Crippen molar-refractivity contribution in [1.29, 1.82) is 0 Å². The topological polar surface area (TPSA) is 41.6 Å². The van der Waals surface area contributed by atoms with Gasteiger partial charge in [-0.15, -0.1) is 0 Å². The minimum absolute atomic E-state index is 0.801. The molecule has 3 nitrogen and oxygen atoms in total. The Labute approximate surface area is 67.8 Å². The van der Waals surface area contributed by atoms with Crippen molar-refractivity contribution >= 4 is 6.21 Å². The van der Waals surface area contributed by atoms with Gasteiger partial charge in [-0.3, -0.25) is 0 Å². The van der Waals surface area contributed by atoms with Crippen LogP contribution in [0.1, 0.15) is 20.3 Å². The number of nitrogens with two attached hydrogens (primary N) is 1. The Morgan fingerprint density at radius 3 is 2.73 bits per heavy atom. The summed E-state index contributed by atoms with van der Waals surface area (Å²) in [6.45, 7) is 7.48. The molecule has 0 fully saturated rings. The van der Waals surface area contributed by atoms with Crippen molar-refractivity contribution in [3.05, 3.63) is 24.4 Å². The van der Waals surface area contributed by atoms with E-state index in [1.54, 1.807) is 12.3 Å². The van der Waals surface area contributed by atoms with Gasteiger partial charge in [0.1, 0.15) is 0 Å². The van der Waals surface area contributed by atoms with Gasteiger partial charge in [-0.1, -0.05) is 19.6 Å². The van der Waals surface area contributed by atoms with Crippen LogP contribution >= 0.6 is 0 Å². The van der Waals surface area contributed by atoms with Crippen LogP contribution in [0.4, 0.5) is 0 Å². The minimum Gasteiger partial charge on any atom is -0.226 e. The molecule has 0 aliphatic rings. The average Bonchev–Trinajstić information content (AvgIpc) is 2.03. The molecule has 0 atom stereocenters. The fraction of sp³-hybridized carbons (Fsp3) is 0.375. The summed E-state index contributed by atoms with van der Waals surface area (Å²) in [7, 11) is 0. The fourth-order valence-electron chi connectivity index (χ4n) is 0.580. The second-order valence-electron chi connectivity index (χ2n) is 1.97. The first kappa shape index (κ1) is 9.91. The summed E-state index contributed by atoms with van der Waals surface area (Å²) in [5, 5.41) is 5.23. The highest BCUT2D eigenvalue weighted by molar-refractivity contribution is 5.56. The molecule has 3 heteroatoms. The van der Waals surface area contributed by atoms with Gasteiger partial charge in [-0.2, -0.15) is 5.10 Å². The summed E-state index contributed by atoms with van der Waals surface area (Å²) in [5.74, 6) is 5.52. The molecule has 0 radical (unpaired) electrons. The van der Waals surface area contributed by atoms with Gasteiger partial charge in [-0.25, -0.2) is 11.0 Å². The zero-order valence-electron chi connectivity index (χ0n) is 7.12. The van der Waals surface area contributed by atoms with Gasteiger partial charge >= 0.3 is 0 Å². The Balaban J connectivity index is 4.10. The quantitative estimate of drug-likeness (QED) is 0.289. The van der Waals surface area contributed by atoms with E-state index in [1.165, 1.54) is 5.12 Å². The number of hydrazine groups is 1. The van der Waals surface area contributed by atoms with Crippen molar-refractivity contribution < 1.29 is 0 Å². The number of rotatable bonds is 4. The lowest BCUT2D eigenvalue weighted by molar-refractivity contribution is 0.395. The third-order valence-corrected chi connectivity index (χ3v) is 1.16. The SMILES string of the molecule is C=C/C(=C/C)N(N)/N=C\CC. The largest absolute Gasteiger partial charge is 0.226 e. The van der Waals surface area contributed by atoms with Crippen LogP contribution in [-0.4, -0.2) is 11.3 Å². The van der Waals surface area contributed by atoms with E-state index in [4.69, 9.17) is 5.84 Å². The first-order valence-corrected chi connectivity index (χ1v) is 3.62. The summed E-state index contributed by atoms with van der Waals surface area (Å²) in [5.41, 5.74) is 0.801. The van der Waals surface area contributed by atoms with E-state index in [0.717, 1.165) is 12.1 Å². The highest BCUT2D eigenvalue weighted by Gasteiger charge is 1.93. The van der Waals surface area contributed by atoms with Gasteiger partial charge < -0.3 is 0 Å². The summed E-state index contributed by atoms with van der Waals surface area (Å²) in [4.78, 5) is 0. The molecule has 0 rings (SSSR count). The Kier molecular flexibility index (Phi) is 5.11.